The SMILES string of the molecule is COCC(=O)O/N=C(\N)COc1ccc(Cl)c2cccnc12. The Balaban J connectivity index is 2.04. The number of carbonyl (C=O) groups is 1. The third-order valence-electron chi connectivity index (χ3n) is 2.58. The summed E-state index contributed by atoms with van der Waals surface area (Å²) in [5.74, 6) is -0.145. The minimum Gasteiger partial charge on any atom is -0.483 e. The molecule has 0 saturated carbocycles. The molecule has 22 heavy (non-hydrogen) atoms. The van der Waals surface area contributed by atoms with Crippen LogP contribution in [0, 0.1) is 0 Å². The zero-order valence-corrected chi connectivity index (χ0v) is 12.5. The van der Waals surface area contributed by atoms with Crippen molar-refractivity contribution in [2.45, 2.75) is 0 Å². The molecular weight excluding hydrogens is 310 g/mol. The van der Waals surface area contributed by atoms with Gasteiger partial charge in [0.25, 0.3) is 0 Å². The largest absolute Gasteiger partial charge is 0.483 e. The highest BCUT2D eigenvalue weighted by Crippen LogP contribution is 2.29. The van der Waals surface area contributed by atoms with E-state index >= 15 is 0 Å². The Hall–Kier alpha value is -2.38. The first-order valence-electron chi connectivity index (χ1n) is 6.29. The molecule has 0 aliphatic heterocycles. The smallest absolute Gasteiger partial charge is 0.360 e. The van der Waals surface area contributed by atoms with Gasteiger partial charge in [-0.15, -0.1) is 0 Å². The van der Waals surface area contributed by atoms with Crippen molar-refractivity contribution in [1.29, 1.82) is 0 Å². The van der Waals surface area contributed by atoms with Crippen molar-refractivity contribution in [3.05, 3.63) is 35.5 Å². The molecule has 0 bridgehead atoms. The van der Waals surface area contributed by atoms with Crippen LogP contribution in [0.4, 0.5) is 0 Å². The average molecular weight is 324 g/mol. The fourth-order valence-electron chi connectivity index (χ4n) is 1.66. The lowest BCUT2D eigenvalue weighted by Crippen LogP contribution is -2.22. The number of amidine groups is 1. The molecule has 1 aromatic carbocycles. The van der Waals surface area contributed by atoms with Crippen molar-refractivity contribution in [2.75, 3.05) is 20.3 Å². The van der Waals surface area contributed by atoms with Gasteiger partial charge >= 0.3 is 5.97 Å². The van der Waals surface area contributed by atoms with Gasteiger partial charge in [0.2, 0.25) is 0 Å². The van der Waals surface area contributed by atoms with E-state index in [-0.39, 0.29) is 19.0 Å². The number of oxime groups is 1. The summed E-state index contributed by atoms with van der Waals surface area (Å²) in [4.78, 5) is 19.8. The monoisotopic (exact) mass is 323 g/mol. The number of aromatic nitrogens is 1. The van der Waals surface area contributed by atoms with Gasteiger partial charge in [-0.25, -0.2) is 4.79 Å². The zero-order valence-electron chi connectivity index (χ0n) is 11.8. The molecule has 2 aromatic rings. The van der Waals surface area contributed by atoms with Crippen molar-refractivity contribution in [1.82, 2.24) is 4.98 Å². The van der Waals surface area contributed by atoms with E-state index in [4.69, 9.17) is 22.1 Å². The van der Waals surface area contributed by atoms with Crippen molar-refractivity contribution in [3.63, 3.8) is 0 Å². The lowest BCUT2D eigenvalue weighted by Gasteiger charge is -2.09. The van der Waals surface area contributed by atoms with Gasteiger partial charge in [0.1, 0.15) is 24.5 Å². The van der Waals surface area contributed by atoms with Crippen LogP contribution in [0.3, 0.4) is 0 Å². The molecule has 0 fully saturated rings. The van der Waals surface area contributed by atoms with E-state index in [1.807, 2.05) is 6.07 Å². The second-order valence-corrected chi connectivity index (χ2v) is 4.62. The number of fused-ring (bicyclic) bond motifs is 1. The number of benzene rings is 1. The Kier molecular flexibility index (Phi) is 5.51. The fraction of sp³-hybridized carbons (Fsp3) is 0.214. The molecule has 116 valence electrons. The Morgan fingerprint density at radius 3 is 2.95 bits per heavy atom. The van der Waals surface area contributed by atoms with Crippen LogP contribution in [0.5, 0.6) is 5.75 Å². The summed E-state index contributed by atoms with van der Waals surface area (Å²) in [5.41, 5.74) is 6.21. The van der Waals surface area contributed by atoms with Crippen LogP contribution < -0.4 is 10.5 Å². The fourth-order valence-corrected chi connectivity index (χ4v) is 1.88. The second kappa shape index (κ2) is 7.58. The molecule has 0 amide bonds. The van der Waals surface area contributed by atoms with Gasteiger partial charge in [0, 0.05) is 18.7 Å². The molecule has 7 nitrogen and oxygen atoms in total. The van der Waals surface area contributed by atoms with Crippen molar-refractivity contribution < 1.29 is 19.1 Å². The van der Waals surface area contributed by atoms with Crippen LogP contribution in [0.1, 0.15) is 0 Å². The van der Waals surface area contributed by atoms with E-state index in [2.05, 4.69) is 19.7 Å². The highest BCUT2D eigenvalue weighted by molar-refractivity contribution is 6.35. The molecule has 2 N–H and O–H groups in total. The first-order valence-corrected chi connectivity index (χ1v) is 6.66. The molecule has 1 aromatic heterocycles. The summed E-state index contributed by atoms with van der Waals surface area (Å²) >= 11 is 6.09. The normalized spacial score (nSPS) is 11.5. The zero-order chi connectivity index (χ0) is 15.9. The maximum Gasteiger partial charge on any atom is 0.360 e. The van der Waals surface area contributed by atoms with E-state index in [9.17, 15) is 4.79 Å². The third-order valence-corrected chi connectivity index (χ3v) is 2.91. The molecule has 0 spiro atoms. The van der Waals surface area contributed by atoms with Gasteiger partial charge in [0.15, 0.2) is 5.84 Å². The predicted molar refractivity (Wildman–Crippen MR) is 81.8 cm³/mol. The molecule has 0 aliphatic rings. The van der Waals surface area contributed by atoms with E-state index in [0.29, 0.717) is 16.3 Å². The van der Waals surface area contributed by atoms with Crippen LogP contribution in [-0.2, 0) is 14.4 Å². The van der Waals surface area contributed by atoms with Gasteiger partial charge in [-0.1, -0.05) is 16.8 Å². The van der Waals surface area contributed by atoms with Gasteiger partial charge in [-0.2, -0.15) is 0 Å². The first-order chi connectivity index (χ1) is 10.6. The number of ether oxygens (including phenoxy) is 2. The topological polar surface area (TPSA) is 96.0 Å². The molecule has 1 heterocycles. The van der Waals surface area contributed by atoms with Crippen LogP contribution in [0.25, 0.3) is 10.9 Å². The summed E-state index contributed by atoms with van der Waals surface area (Å²) in [5, 5.41) is 4.79. The van der Waals surface area contributed by atoms with Crippen molar-refractivity contribution in [3.8, 4) is 5.75 Å². The first kappa shape index (κ1) is 16.0. The summed E-state index contributed by atoms with van der Waals surface area (Å²) in [6.07, 6.45) is 1.63. The molecule has 0 radical (unpaired) electrons. The van der Waals surface area contributed by atoms with Crippen molar-refractivity contribution in [2.24, 2.45) is 10.9 Å². The highest BCUT2D eigenvalue weighted by Gasteiger charge is 2.08. The van der Waals surface area contributed by atoms with E-state index < -0.39 is 5.97 Å². The summed E-state index contributed by atoms with van der Waals surface area (Å²) in [7, 11) is 1.37. The Morgan fingerprint density at radius 1 is 1.36 bits per heavy atom. The Labute approximate surface area is 131 Å². The number of nitrogens with two attached hydrogens (primary N) is 1. The third kappa shape index (κ3) is 4.06. The summed E-state index contributed by atoms with van der Waals surface area (Å²) < 4.78 is 10.1. The average Bonchev–Trinajstić information content (AvgIpc) is 2.53. The van der Waals surface area contributed by atoms with E-state index in [1.165, 1.54) is 7.11 Å². The lowest BCUT2D eigenvalue weighted by atomic mass is 10.2. The highest BCUT2D eigenvalue weighted by atomic mass is 35.5. The van der Waals surface area contributed by atoms with Gasteiger partial charge in [0.05, 0.1) is 5.02 Å². The molecule has 0 aliphatic carbocycles. The molecule has 2 rings (SSSR count). The van der Waals surface area contributed by atoms with Gasteiger partial charge in [-0.3, -0.25) is 4.98 Å². The van der Waals surface area contributed by atoms with Crippen LogP contribution in [-0.4, -0.2) is 37.1 Å². The maximum atomic E-state index is 11.1. The number of nitrogens with zero attached hydrogens (tertiary/aromatic N) is 2. The van der Waals surface area contributed by atoms with E-state index in [1.54, 1.807) is 24.4 Å². The van der Waals surface area contributed by atoms with Gasteiger partial charge < -0.3 is 20.0 Å². The number of rotatable bonds is 6. The minimum absolute atomic E-state index is 0.00323. The lowest BCUT2D eigenvalue weighted by molar-refractivity contribution is -0.147. The van der Waals surface area contributed by atoms with Gasteiger partial charge in [-0.05, 0) is 24.3 Å². The Bertz CT molecular complexity index is 706. The number of halogens is 1. The minimum atomic E-state index is -0.649. The standard InChI is InChI=1S/C14H14ClN3O4/c1-20-8-13(19)22-18-12(16)7-21-11-5-4-10(15)9-3-2-6-17-14(9)11/h2-6H,7-8H2,1H3,(H2,16,18). The maximum absolute atomic E-state index is 11.1. The van der Waals surface area contributed by atoms with Crippen molar-refractivity contribution >= 4 is 34.3 Å². The molecule has 0 atom stereocenters. The van der Waals surface area contributed by atoms with E-state index in [0.717, 1.165) is 5.39 Å². The van der Waals surface area contributed by atoms with Crippen LogP contribution in [0.15, 0.2) is 35.6 Å². The Morgan fingerprint density at radius 2 is 2.18 bits per heavy atom. The van der Waals surface area contributed by atoms with Crippen LogP contribution >= 0.6 is 11.6 Å². The predicted octanol–water partition coefficient (Wildman–Crippen LogP) is 1.73. The molecular formula is C14H14ClN3O4. The molecule has 0 saturated heterocycles. The number of hydrogen-bond donors (Lipinski definition) is 1. The number of carbonyl (C=O) groups excluding carboxylic acids is 1. The molecule has 0 unspecified atom stereocenters. The number of hydrogen-bond acceptors (Lipinski definition) is 6. The quantitative estimate of drug-likeness (QED) is 0.376. The van der Waals surface area contributed by atoms with Crippen LogP contribution in [0.2, 0.25) is 5.02 Å². The second-order valence-electron chi connectivity index (χ2n) is 4.21. The summed E-state index contributed by atoms with van der Waals surface area (Å²) in [6.45, 7) is -0.267. The number of pyridine rings is 1. The summed E-state index contributed by atoms with van der Waals surface area (Å²) in [6, 6.07) is 7.00. The number of methoxy groups -OCH3 is 1. The molecule has 8 heteroatoms.